The number of aromatic nitrogens is 3. The molecule has 8 nitrogen and oxygen atoms in total. The molecule has 0 aliphatic carbocycles. The first-order chi connectivity index (χ1) is 16.1. The lowest BCUT2D eigenvalue weighted by Gasteiger charge is -2.27. The van der Waals surface area contributed by atoms with Crippen LogP contribution in [0.5, 0.6) is 0 Å². The number of ketones is 1. The van der Waals surface area contributed by atoms with Gasteiger partial charge < -0.3 is 10.1 Å². The van der Waals surface area contributed by atoms with E-state index in [9.17, 15) is 35.9 Å². The number of nitrogens with one attached hydrogen (secondary N) is 2. The first-order valence-electron chi connectivity index (χ1n) is 10.5. The quantitative estimate of drug-likeness (QED) is 0.460. The number of hydrogen-bond acceptors (Lipinski definition) is 6. The molecule has 1 amide bonds. The minimum atomic E-state index is -4.72. The topological polar surface area (TPSA) is 98.1 Å². The second-order valence-electron chi connectivity index (χ2n) is 9.06. The summed E-state index contributed by atoms with van der Waals surface area (Å²) < 4.78 is 86.1. The molecule has 2 atom stereocenters. The molecule has 1 aliphatic rings. The summed E-state index contributed by atoms with van der Waals surface area (Å²) in [5, 5.41) is 11.7. The second-order valence-corrected chi connectivity index (χ2v) is 9.06. The summed E-state index contributed by atoms with van der Waals surface area (Å²) in [4.78, 5) is 25.2. The Morgan fingerprint density at radius 1 is 1.14 bits per heavy atom. The van der Waals surface area contributed by atoms with Gasteiger partial charge in [0.15, 0.2) is 17.4 Å². The highest BCUT2D eigenvalue weighted by molar-refractivity contribution is 5.85. The molecule has 0 saturated carbocycles. The fourth-order valence-corrected chi connectivity index (χ4v) is 3.57. The molecule has 1 aromatic heterocycles. The third-order valence-corrected chi connectivity index (χ3v) is 5.08. The van der Waals surface area contributed by atoms with Crippen molar-refractivity contribution in [3.8, 4) is 0 Å². The summed E-state index contributed by atoms with van der Waals surface area (Å²) in [5.41, 5.74) is -1.18. The van der Waals surface area contributed by atoms with Crippen LogP contribution in [0.3, 0.4) is 0 Å². The van der Waals surface area contributed by atoms with Crippen LogP contribution in [0.15, 0.2) is 12.1 Å². The van der Waals surface area contributed by atoms with Crippen LogP contribution in [0, 0.1) is 17.5 Å². The highest BCUT2D eigenvalue weighted by atomic mass is 19.4. The zero-order valence-electron chi connectivity index (χ0n) is 19.0. The lowest BCUT2D eigenvalue weighted by Crippen LogP contribution is -2.48. The Bertz CT molecular complexity index is 1110. The van der Waals surface area contributed by atoms with Crippen LogP contribution < -0.4 is 10.6 Å². The molecule has 14 heteroatoms. The fraction of sp³-hybridized carbons (Fsp3) is 0.524. The van der Waals surface area contributed by atoms with E-state index in [1.165, 1.54) is 0 Å². The molecule has 0 saturated heterocycles. The standard InChI is InChI=1S/C21H23F6N5O3/c1-20(2,3)35-19(34)29-11(4-10-5-13(23)14(24)7-12(10)22)6-16(33)15-8-17-30-31-18(21(25,26)27)32(17)9-28-15/h5,7,11,15,28H,4,6,8-9H2,1-3H3,(H,29,34). The number of carbonyl (C=O) groups excluding carboxylic acids is 2. The molecule has 2 N–H and O–H groups in total. The number of benzene rings is 1. The van der Waals surface area contributed by atoms with Gasteiger partial charge in [0.2, 0.25) is 5.82 Å². The number of amides is 1. The fourth-order valence-electron chi connectivity index (χ4n) is 3.57. The van der Waals surface area contributed by atoms with Crippen molar-refractivity contribution >= 4 is 11.9 Å². The van der Waals surface area contributed by atoms with E-state index in [1.54, 1.807) is 20.8 Å². The number of hydrogen-bond donors (Lipinski definition) is 2. The number of nitrogens with zero attached hydrogens (tertiary/aromatic N) is 3. The molecule has 2 heterocycles. The highest BCUT2D eigenvalue weighted by Gasteiger charge is 2.40. The molecule has 3 rings (SSSR count). The maximum absolute atomic E-state index is 14.2. The summed E-state index contributed by atoms with van der Waals surface area (Å²) in [5.74, 6) is -5.57. The Hall–Kier alpha value is -3.16. The summed E-state index contributed by atoms with van der Waals surface area (Å²) in [6.07, 6.45) is -6.64. The number of ether oxygens (including phenoxy) is 1. The van der Waals surface area contributed by atoms with Gasteiger partial charge in [0, 0.05) is 24.9 Å². The molecule has 1 aliphatic heterocycles. The van der Waals surface area contributed by atoms with Crippen LogP contribution >= 0.6 is 0 Å². The summed E-state index contributed by atoms with van der Waals surface area (Å²) >= 11 is 0. The Balaban J connectivity index is 1.76. The van der Waals surface area contributed by atoms with Gasteiger partial charge in [-0.3, -0.25) is 14.7 Å². The van der Waals surface area contributed by atoms with Gasteiger partial charge in [-0.2, -0.15) is 13.2 Å². The van der Waals surface area contributed by atoms with Crippen LogP contribution in [-0.4, -0.2) is 44.3 Å². The van der Waals surface area contributed by atoms with Gasteiger partial charge in [-0.15, -0.1) is 10.2 Å². The highest BCUT2D eigenvalue weighted by Crippen LogP contribution is 2.29. The van der Waals surface area contributed by atoms with Crippen LogP contribution in [0.25, 0.3) is 0 Å². The number of fused-ring (bicyclic) bond motifs is 1. The molecular weight excluding hydrogens is 484 g/mol. The molecular formula is C21H23F6N5O3. The Labute approximate surface area is 196 Å². The number of Topliss-reactive ketones (excluding diaryl/α,β-unsaturated/α-hetero) is 1. The molecule has 1 aromatic carbocycles. The zero-order valence-corrected chi connectivity index (χ0v) is 19.0. The van der Waals surface area contributed by atoms with Gasteiger partial charge in [0.1, 0.15) is 17.2 Å². The van der Waals surface area contributed by atoms with Gasteiger partial charge in [-0.1, -0.05) is 0 Å². The first-order valence-corrected chi connectivity index (χ1v) is 10.5. The third kappa shape index (κ3) is 6.71. The Morgan fingerprint density at radius 3 is 2.43 bits per heavy atom. The number of carbonyl (C=O) groups is 2. The van der Waals surface area contributed by atoms with Crippen LogP contribution in [0.2, 0.25) is 0 Å². The lowest BCUT2D eigenvalue weighted by molar-refractivity contribution is -0.148. The summed E-state index contributed by atoms with van der Waals surface area (Å²) in [6, 6.07) is -1.08. The van der Waals surface area contributed by atoms with E-state index in [0.717, 1.165) is 4.57 Å². The molecule has 0 radical (unpaired) electrons. The number of rotatable bonds is 6. The van der Waals surface area contributed by atoms with E-state index in [0.29, 0.717) is 12.1 Å². The monoisotopic (exact) mass is 507 g/mol. The van der Waals surface area contributed by atoms with Crippen molar-refractivity contribution in [1.29, 1.82) is 0 Å². The molecule has 0 bridgehead atoms. The third-order valence-electron chi connectivity index (χ3n) is 5.08. The van der Waals surface area contributed by atoms with Crippen molar-refractivity contribution in [2.75, 3.05) is 0 Å². The minimum Gasteiger partial charge on any atom is -0.444 e. The molecule has 0 fully saturated rings. The van der Waals surface area contributed by atoms with Crippen molar-refractivity contribution < 1.29 is 40.7 Å². The van der Waals surface area contributed by atoms with Crippen LogP contribution in [-0.2, 0) is 35.2 Å². The van der Waals surface area contributed by atoms with E-state index in [4.69, 9.17) is 4.74 Å². The van der Waals surface area contributed by atoms with Gasteiger partial charge in [0.05, 0.1) is 12.7 Å². The summed E-state index contributed by atoms with van der Waals surface area (Å²) in [7, 11) is 0. The van der Waals surface area contributed by atoms with E-state index in [1.807, 2.05) is 0 Å². The average Bonchev–Trinajstić information content (AvgIpc) is 3.14. The number of alkyl carbamates (subject to hydrolysis) is 1. The molecule has 2 aromatic rings. The van der Waals surface area contributed by atoms with Crippen molar-refractivity contribution in [2.45, 2.75) is 70.6 Å². The van der Waals surface area contributed by atoms with E-state index < -0.39 is 65.4 Å². The smallest absolute Gasteiger partial charge is 0.444 e. The average molecular weight is 507 g/mol. The maximum Gasteiger partial charge on any atom is 0.451 e. The molecule has 192 valence electrons. The molecule has 35 heavy (non-hydrogen) atoms. The van der Waals surface area contributed by atoms with E-state index in [-0.39, 0.29) is 30.9 Å². The number of halogens is 6. The Kier molecular flexibility index (Phi) is 7.43. The van der Waals surface area contributed by atoms with E-state index in [2.05, 4.69) is 20.8 Å². The first kappa shape index (κ1) is 26.4. The van der Waals surface area contributed by atoms with Gasteiger partial charge in [0.25, 0.3) is 0 Å². The predicted octanol–water partition coefficient (Wildman–Crippen LogP) is 3.28. The van der Waals surface area contributed by atoms with Crippen molar-refractivity contribution in [3.05, 3.63) is 46.8 Å². The van der Waals surface area contributed by atoms with Gasteiger partial charge >= 0.3 is 12.3 Å². The second kappa shape index (κ2) is 9.84. The zero-order chi connectivity index (χ0) is 26.1. The van der Waals surface area contributed by atoms with Gasteiger partial charge in [-0.05, 0) is 38.8 Å². The minimum absolute atomic E-state index is 0.0577. The molecule has 0 spiro atoms. The SMILES string of the molecule is CC(C)(C)OC(=O)NC(CC(=O)C1Cc2nnc(C(F)(F)F)n2CN1)Cc1cc(F)c(F)cc1F. The summed E-state index contributed by atoms with van der Waals surface area (Å²) in [6.45, 7) is 4.41. The van der Waals surface area contributed by atoms with E-state index >= 15 is 0 Å². The van der Waals surface area contributed by atoms with Crippen molar-refractivity contribution in [3.63, 3.8) is 0 Å². The number of alkyl halides is 3. The largest absolute Gasteiger partial charge is 0.451 e. The predicted molar refractivity (Wildman–Crippen MR) is 108 cm³/mol. The van der Waals surface area contributed by atoms with Crippen LogP contribution in [0.1, 0.15) is 44.4 Å². The van der Waals surface area contributed by atoms with Crippen molar-refractivity contribution in [2.24, 2.45) is 0 Å². The normalized spacial score (nSPS) is 17.0. The lowest BCUT2D eigenvalue weighted by atomic mass is 9.96. The maximum atomic E-state index is 14.2. The van der Waals surface area contributed by atoms with Crippen molar-refractivity contribution in [1.82, 2.24) is 25.4 Å². The van der Waals surface area contributed by atoms with Crippen LogP contribution in [0.4, 0.5) is 31.1 Å². The Morgan fingerprint density at radius 2 is 1.80 bits per heavy atom. The van der Waals surface area contributed by atoms with Gasteiger partial charge in [-0.25, -0.2) is 18.0 Å². The molecule has 2 unspecified atom stereocenters.